The number of sulfonamides is 1. The number of benzene rings is 2. The van der Waals surface area contributed by atoms with Gasteiger partial charge >= 0.3 is 0 Å². The molecule has 0 aliphatic carbocycles. The first-order chi connectivity index (χ1) is 12.8. The third-order valence-electron chi connectivity index (χ3n) is 3.93. The van der Waals surface area contributed by atoms with Crippen LogP contribution in [0.3, 0.4) is 0 Å². The molecule has 0 radical (unpaired) electrons. The molecule has 0 saturated carbocycles. The van der Waals surface area contributed by atoms with Gasteiger partial charge in [0.25, 0.3) is 10.0 Å². The second-order valence-electron chi connectivity index (χ2n) is 5.74. The van der Waals surface area contributed by atoms with Crippen molar-refractivity contribution in [3.8, 4) is 22.3 Å². The molecule has 0 fully saturated rings. The van der Waals surface area contributed by atoms with E-state index in [2.05, 4.69) is 10.8 Å². The Morgan fingerprint density at radius 2 is 1.96 bits per heavy atom. The summed E-state index contributed by atoms with van der Waals surface area (Å²) in [5.74, 6) is -0.786. The zero-order valence-electron chi connectivity index (χ0n) is 14.5. The predicted molar refractivity (Wildman–Crippen MR) is 103 cm³/mol. The van der Waals surface area contributed by atoms with E-state index >= 15 is 0 Å². The number of halogens is 1. The highest BCUT2D eigenvalue weighted by molar-refractivity contribution is 7.92. The molecule has 0 aliphatic heterocycles. The van der Waals surface area contributed by atoms with Gasteiger partial charge in [-0.2, -0.15) is 5.26 Å². The van der Waals surface area contributed by atoms with Gasteiger partial charge in [-0.15, -0.1) is 11.3 Å². The molecule has 0 amide bonds. The average Bonchev–Trinajstić information content (AvgIpc) is 3.12. The molecule has 138 valence electrons. The van der Waals surface area contributed by atoms with Gasteiger partial charge in [-0.1, -0.05) is 12.1 Å². The number of anilines is 1. The van der Waals surface area contributed by atoms with Crippen LogP contribution in [0.1, 0.15) is 11.1 Å². The molecule has 0 bridgehead atoms. The second-order valence-corrected chi connectivity index (χ2v) is 8.34. The van der Waals surface area contributed by atoms with E-state index in [4.69, 9.17) is 10.00 Å². The number of methoxy groups -OCH3 is 1. The highest BCUT2D eigenvalue weighted by atomic mass is 32.2. The molecule has 1 aromatic heterocycles. The molecule has 3 rings (SSSR count). The number of nitrogens with zero attached hydrogens (tertiary/aromatic N) is 1. The number of hydrogen-bond acceptors (Lipinski definition) is 5. The van der Waals surface area contributed by atoms with Crippen molar-refractivity contribution < 1.29 is 17.5 Å². The third kappa shape index (κ3) is 3.94. The van der Waals surface area contributed by atoms with Gasteiger partial charge in [-0.25, -0.2) is 12.8 Å². The van der Waals surface area contributed by atoms with Crippen molar-refractivity contribution in [1.82, 2.24) is 0 Å². The van der Waals surface area contributed by atoms with Crippen molar-refractivity contribution in [1.29, 1.82) is 5.26 Å². The molecule has 0 unspecified atom stereocenters. The Morgan fingerprint density at radius 3 is 2.59 bits per heavy atom. The van der Waals surface area contributed by atoms with Crippen molar-refractivity contribution in [2.24, 2.45) is 0 Å². The lowest BCUT2D eigenvalue weighted by Gasteiger charge is -2.12. The molecule has 0 spiro atoms. The molecule has 5 nitrogen and oxygen atoms in total. The predicted octanol–water partition coefficient (Wildman–Crippen LogP) is 4.54. The van der Waals surface area contributed by atoms with E-state index < -0.39 is 15.8 Å². The largest absolute Gasteiger partial charge is 0.494 e. The van der Waals surface area contributed by atoms with Crippen molar-refractivity contribution in [3.05, 3.63) is 64.8 Å². The van der Waals surface area contributed by atoms with Crippen molar-refractivity contribution >= 4 is 27.0 Å². The van der Waals surface area contributed by atoms with Gasteiger partial charge < -0.3 is 4.74 Å². The fourth-order valence-electron chi connectivity index (χ4n) is 2.45. The van der Waals surface area contributed by atoms with Gasteiger partial charge in [0.05, 0.1) is 23.3 Å². The molecule has 27 heavy (non-hydrogen) atoms. The van der Waals surface area contributed by atoms with E-state index in [0.29, 0.717) is 16.8 Å². The van der Waals surface area contributed by atoms with Gasteiger partial charge in [0.1, 0.15) is 6.07 Å². The van der Waals surface area contributed by atoms with Gasteiger partial charge in [0.2, 0.25) is 0 Å². The van der Waals surface area contributed by atoms with E-state index in [1.54, 1.807) is 30.5 Å². The minimum atomic E-state index is -3.98. The van der Waals surface area contributed by atoms with Crippen LogP contribution >= 0.6 is 11.3 Å². The summed E-state index contributed by atoms with van der Waals surface area (Å²) in [5.41, 5.74) is 2.43. The molecule has 0 atom stereocenters. The Labute approximate surface area is 160 Å². The Balaban J connectivity index is 1.95. The molecular weight excluding hydrogens is 387 g/mol. The van der Waals surface area contributed by atoms with Crippen LogP contribution in [0.4, 0.5) is 10.1 Å². The van der Waals surface area contributed by atoms with E-state index in [-0.39, 0.29) is 10.6 Å². The second kappa shape index (κ2) is 7.39. The minimum absolute atomic E-state index is 0.0295. The maximum Gasteiger partial charge on any atom is 0.262 e. The molecule has 8 heteroatoms. The van der Waals surface area contributed by atoms with Crippen LogP contribution < -0.4 is 9.46 Å². The van der Waals surface area contributed by atoms with Crippen LogP contribution in [-0.2, 0) is 10.0 Å². The number of thiophene rings is 1. The normalized spacial score (nSPS) is 11.0. The van der Waals surface area contributed by atoms with Crippen LogP contribution in [0.5, 0.6) is 5.75 Å². The first-order valence-corrected chi connectivity index (χ1v) is 10.2. The first kappa shape index (κ1) is 18.9. The summed E-state index contributed by atoms with van der Waals surface area (Å²) in [7, 11) is -2.67. The van der Waals surface area contributed by atoms with Gasteiger partial charge in [0.15, 0.2) is 11.6 Å². The number of nitrogens with one attached hydrogen (secondary N) is 1. The lowest BCUT2D eigenvalue weighted by molar-refractivity contribution is 0.385. The fourth-order valence-corrected chi connectivity index (χ4v) is 4.42. The summed E-state index contributed by atoms with van der Waals surface area (Å²) in [6.07, 6.45) is 0. The SMILES string of the molecule is COc1ccc(S(=O)(=O)Nc2cc(-c3cc(C#N)cs3)ccc2C)cc1F. The lowest BCUT2D eigenvalue weighted by Crippen LogP contribution is -2.14. The summed E-state index contributed by atoms with van der Waals surface area (Å²) in [6.45, 7) is 1.77. The van der Waals surface area contributed by atoms with Gasteiger partial charge in [0, 0.05) is 10.3 Å². The average molecular weight is 402 g/mol. The van der Waals surface area contributed by atoms with Crippen LogP contribution in [0, 0.1) is 24.1 Å². The lowest BCUT2D eigenvalue weighted by atomic mass is 10.1. The fraction of sp³-hybridized carbons (Fsp3) is 0.105. The number of ether oxygens (including phenoxy) is 1. The Bertz CT molecular complexity index is 1150. The third-order valence-corrected chi connectivity index (χ3v) is 6.27. The minimum Gasteiger partial charge on any atom is -0.494 e. The summed E-state index contributed by atoms with van der Waals surface area (Å²) >= 11 is 1.40. The highest BCUT2D eigenvalue weighted by Crippen LogP contribution is 2.31. The summed E-state index contributed by atoms with van der Waals surface area (Å²) in [4.78, 5) is 0.649. The zero-order chi connectivity index (χ0) is 19.6. The summed E-state index contributed by atoms with van der Waals surface area (Å²) < 4.78 is 46.5. The van der Waals surface area contributed by atoms with Crippen molar-refractivity contribution in [2.45, 2.75) is 11.8 Å². The van der Waals surface area contributed by atoms with Gasteiger partial charge in [-0.05, 0) is 48.4 Å². The number of rotatable bonds is 5. The Hall–Kier alpha value is -2.89. The molecule has 1 N–H and O–H groups in total. The maximum absolute atomic E-state index is 13.9. The highest BCUT2D eigenvalue weighted by Gasteiger charge is 2.18. The first-order valence-electron chi connectivity index (χ1n) is 7.80. The smallest absolute Gasteiger partial charge is 0.262 e. The van der Waals surface area contributed by atoms with Crippen LogP contribution in [0.25, 0.3) is 10.4 Å². The van der Waals surface area contributed by atoms with E-state index in [1.807, 2.05) is 6.07 Å². The molecule has 0 aliphatic rings. The molecule has 2 aromatic carbocycles. The molecule has 0 saturated heterocycles. The number of hydrogen-bond donors (Lipinski definition) is 1. The van der Waals surface area contributed by atoms with E-state index in [0.717, 1.165) is 16.5 Å². The summed E-state index contributed by atoms with van der Waals surface area (Å²) in [6, 6.07) is 12.6. The monoisotopic (exact) mass is 402 g/mol. The quantitative estimate of drug-likeness (QED) is 0.679. The van der Waals surface area contributed by atoms with E-state index in [1.165, 1.54) is 30.6 Å². The standard InChI is InChI=1S/C19H15FN2O3S2/c1-12-3-4-14(19-7-13(10-21)11-26-19)8-17(12)22-27(23,24)15-5-6-18(25-2)16(20)9-15/h3-9,11,22H,1-2H3. The van der Waals surface area contributed by atoms with Gasteiger partial charge in [-0.3, -0.25) is 4.72 Å². The topological polar surface area (TPSA) is 79.2 Å². The number of aryl methyl sites for hydroxylation is 1. The van der Waals surface area contributed by atoms with E-state index in [9.17, 15) is 12.8 Å². The van der Waals surface area contributed by atoms with Crippen LogP contribution in [0.15, 0.2) is 52.7 Å². The zero-order valence-corrected chi connectivity index (χ0v) is 16.1. The molecular formula is C19H15FN2O3S2. The van der Waals surface area contributed by atoms with Crippen molar-refractivity contribution in [3.63, 3.8) is 0 Å². The molecule has 1 heterocycles. The Morgan fingerprint density at radius 1 is 1.19 bits per heavy atom. The summed E-state index contributed by atoms with van der Waals surface area (Å²) in [5, 5.41) is 10.7. The van der Waals surface area contributed by atoms with Crippen molar-refractivity contribution in [2.75, 3.05) is 11.8 Å². The molecule has 3 aromatic rings. The maximum atomic E-state index is 13.9. The number of nitriles is 1. The van der Waals surface area contributed by atoms with Crippen LogP contribution in [0.2, 0.25) is 0 Å². The van der Waals surface area contributed by atoms with Crippen LogP contribution in [-0.4, -0.2) is 15.5 Å². The Kier molecular flexibility index (Phi) is 5.17.